The van der Waals surface area contributed by atoms with Crippen molar-refractivity contribution >= 4 is 32.2 Å². The van der Waals surface area contributed by atoms with E-state index in [1.54, 1.807) is 24.6 Å². The van der Waals surface area contributed by atoms with Crippen molar-refractivity contribution in [2.45, 2.75) is 20.3 Å². The molecule has 0 spiro atoms. The largest absolute Gasteiger partial charge is 0.336 e. The van der Waals surface area contributed by atoms with Gasteiger partial charge >= 0.3 is 16.2 Å². The highest BCUT2D eigenvalue weighted by molar-refractivity contribution is 8.03. The number of nitrogens with zero attached hydrogens (tertiary/aromatic N) is 3. The van der Waals surface area contributed by atoms with Gasteiger partial charge in [0.1, 0.15) is 0 Å². The summed E-state index contributed by atoms with van der Waals surface area (Å²) in [6, 6.07) is 0.545. The normalized spacial score (nSPS) is 18.1. The zero-order chi connectivity index (χ0) is 16.5. The van der Waals surface area contributed by atoms with E-state index in [2.05, 4.69) is 15.3 Å². The summed E-state index contributed by atoms with van der Waals surface area (Å²) in [5, 5.41) is 2.16. The second kappa shape index (κ2) is 5.78. The Balaban J connectivity index is 2.11. The van der Waals surface area contributed by atoms with Crippen LogP contribution in [-0.4, -0.2) is 48.8 Å². The summed E-state index contributed by atoms with van der Waals surface area (Å²) in [7, 11) is -8.38. The smallest absolute Gasteiger partial charge is 0.275 e. The van der Waals surface area contributed by atoms with Crippen LogP contribution in [0.1, 0.15) is 17.8 Å². The quantitative estimate of drug-likeness (QED) is 0.749. The third-order valence-electron chi connectivity index (χ3n) is 2.75. The predicted octanol–water partition coefficient (Wildman–Crippen LogP) is -0.505. The number of urea groups is 1. The van der Waals surface area contributed by atoms with Crippen LogP contribution in [0.4, 0.5) is 10.7 Å². The standard InChI is InChI=1S/C10H15N5O5S2/c1-7-6-8(2)12-9(11-7)13-10(16)14-22(19,20)15-4-3-5-21(15,17)18/h6H,3-5H2,1-2H3,(H2,11,12,13,14,16). The van der Waals surface area contributed by atoms with Gasteiger partial charge in [0.2, 0.25) is 16.0 Å². The maximum atomic E-state index is 11.9. The molecule has 1 aliphatic rings. The first kappa shape index (κ1) is 16.6. The lowest BCUT2D eigenvalue weighted by Gasteiger charge is -2.15. The number of hydrogen-bond acceptors (Lipinski definition) is 7. The number of carbonyl (C=O) groups excluding carboxylic acids is 1. The Morgan fingerprint density at radius 3 is 2.36 bits per heavy atom. The summed E-state index contributed by atoms with van der Waals surface area (Å²) in [5.74, 6) is -0.343. The molecule has 22 heavy (non-hydrogen) atoms. The summed E-state index contributed by atoms with van der Waals surface area (Å²) in [5.41, 5.74) is 1.18. The average Bonchev–Trinajstić information content (AvgIpc) is 2.67. The van der Waals surface area contributed by atoms with Gasteiger partial charge < -0.3 is 0 Å². The van der Waals surface area contributed by atoms with Crippen molar-refractivity contribution in [2.24, 2.45) is 0 Å². The van der Waals surface area contributed by atoms with Crippen molar-refractivity contribution in [1.82, 2.24) is 18.4 Å². The molecule has 2 rings (SSSR count). The van der Waals surface area contributed by atoms with Gasteiger partial charge in [-0.3, -0.25) is 5.32 Å². The number of amides is 2. The van der Waals surface area contributed by atoms with E-state index in [1.807, 2.05) is 0 Å². The molecular weight excluding hydrogens is 334 g/mol. The molecule has 1 saturated heterocycles. The van der Waals surface area contributed by atoms with Crippen LogP contribution < -0.4 is 10.0 Å². The molecule has 10 nitrogen and oxygen atoms in total. The van der Waals surface area contributed by atoms with Crippen LogP contribution in [0.3, 0.4) is 0 Å². The van der Waals surface area contributed by atoms with Gasteiger partial charge in [0, 0.05) is 17.9 Å². The van der Waals surface area contributed by atoms with E-state index in [9.17, 15) is 21.6 Å². The summed E-state index contributed by atoms with van der Waals surface area (Å²) >= 11 is 0. The average molecular weight is 349 g/mol. The molecule has 0 unspecified atom stereocenters. The highest BCUT2D eigenvalue weighted by Crippen LogP contribution is 2.17. The lowest BCUT2D eigenvalue weighted by atomic mass is 10.4. The van der Waals surface area contributed by atoms with Crippen molar-refractivity contribution in [1.29, 1.82) is 0 Å². The molecule has 1 fully saturated rings. The van der Waals surface area contributed by atoms with Gasteiger partial charge in [-0.15, -0.1) is 0 Å². The monoisotopic (exact) mass is 349 g/mol. The molecule has 2 N–H and O–H groups in total. The number of nitrogens with one attached hydrogen (secondary N) is 2. The van der Waals surface area contributed by atoms with E-state index < -0.39 is 26.3 Å². The fourth-order valence-electron chi connectivity index (χ4n) is 1.96. The molecule has 2 amide bonds. The first-order valence-corrected chi connectivity index (χ1v) is 9.32. The molecule has 0 radical (unpaired) electrons. The Bertz CT molecular complexity index is 785. The van der Waals surface area contributed by atoms with E-state index >= 15 is 0 Å². The van der Waals surface area contributed by atoms with Gasteiger partial charge in [-0.05, 0) is 26.3 Å². The van der Waals surface area contributed by atoms with E-state index in [0.717, 1.165) is 0 Å². The van der Waals surface area contributed by atoms with Crippen LogP contribution in [0.5, 0.6) is 0 Å². The molecule has 0 bridgehead atoms. The highest BCUT2D eigenvalue weighted by Gasteiger charge is 2.39. The van der Waals surface area contributed by atoms with Crippen LogP contribution >= 0.6 is 0 Å². The van der Waals surface area contributed by atoms with Crippen molar-refractivity contribution < 1.29 is 21.6 Å². The minimum atomic E-state index is -4.48. The number of aromatic nitrogens is 2. The molecular formula is C10H15N5O5S2. The molecule has 0 aromatic carbocycles. The number of sulfonamides is 1. The Hall–Kier alpha value is -1.79. The van der Waals surface area contributed by atoms with E-state index in [1.165, 1.54) is 0 Å². The SMILES string of the molecule is Cc1cc(C)nc(NC(=O)NS(=O)(=O)N2CCCS2(=O)=O)n1. The third kappa shape index (κ3) is 3.69. The summed E-state index contributed by atoms with van der Waals surface area (Å²) in [6.07, 6.45) is 0.186. The summed E-state index contributed by atoms with van der Waals surface area (Å²) < 4.78 is 48.9. The molecule has 122 valence electrons. The molecule has 1 aromatic heterocycles. The van der Waals surface area contributed by atoms with Crippen LogP contribution in [0.25, 0.3) is 0 Å². The van der Waals surface area contributed by atoms with Crippen molar-refractivity contribution in [3.63, 3.8) is 0 Å². The maximum absolute atomic E-state index is 11.9. The highest BCUT2D eigenvalue weighted by atomic mass is 32.3. The topological polar surface area (TPSA) is 138 Å². The molecule has 12 heteroatoms. The zero-order valence-electron chi connectivity index (χ0n) is 11.9. The van der Waals surface area contributed by atoms with E-state index in [4.69, 9.17) is 0 Å². The predicted molar refractivity (Wildman–Crippen MR) is 77.7 cm³/mol. The first-order valence-electron chi connectivity index (χ1n) is 6.27. The number of hydrogen-bond donors (Lipinski definition) is 2. The fourth-order valence-corrected chi connectivity index (χ4v) is 5.36. The van der Waals surface area contributed by atoms with Crippen LogP contribution in [0, 0.1) is 13.8 Å². The molecule has 2 heterocycles. The van der Waals surface area contributed by atoms with Crippen molar-refractivity contribution in [2.75, 3.05) is 17.6 Å². The van der Waals surface area contributed by atoms with E-state index in [-0.39, 0.29) is 28.4 Å². The van der Waals surface area contributed by atoms with Gasteiger partial charge in [0.25, 0.3) is 0 Å². The zero-order valence-corrected chi connectivity index (χ0v) is 13.5. The Kier molecular flexibility index (Phi) is 4.35. The lowest BCUT2D eigenvalue weighted by molar-refractivity contribution is 0.256. The Morgan fingerprint density at radius 2 is 1.86 bits per heavy atom. The van der Waals surface area contributed by atoms with Crippen LogP contribution in [0.15, 0.2) is 6.07 Å². The third-order valence-corrected chi connectivity index (χ3v) is 6.79. The van der Waals surface area contributed by atoms with Crippen molar-refractivity contribution in [3.8, 4) is 0 Å². The lowest BCUT2D eigenvalue weighted by Crippen LogP contribution is -2.45. The van der Waals surface area contributed by atoms with Crippen LogP contribution in [-0.2, 0) is 20.2 Å². The van der Waals surface area contributed by atoms with Gasteiger partial charge in [0.15, 0.2) is 0 Å². The maximum Gasteiger partial charge on any atom is 0.336 e. The fraction of sp³-hybridized carbons (Fsp3) is 0.500. The second-order valence-electron chi connectivity index (χ2n) is 4.70. The molecule has 1 aliphatic heterocycles. The number of rotatable bonds is 3. The van der Waals surface area contributed by atoms with E-state index in [0.29, 0.717) is 11.4 Å². The minimum absolute atomic E-state index is 0.0746. The number of anilines is 1. The summed E-state index contributed by atoms with van der Waals surface area (Å²) in [4.78, 5) is 19.6. The van der Waals surface area contributed by atoms with Gasteiger partial charge in [-0.2, -0.15) is 8.42 Å². The Labute approximate surface area is 128 Å². The first-order chi connectivity index (χ1) is 10.1. The second-order valence-corrected chi connectivity index (χ2v) is 8.54. The summed E-state index contributed by atoms with van der Waals surface area (Å²) in [6.45, 7) is 3.18. The number of aryl methyl sites for hydroxylation is 2. The van der Waals surface area contributed by atoms with Gasteiger partial charge in [0.05, 0.1) is 5.75 Å². The Morgan fingerprint density at radius 1 is 1.27 bits per heavy atom. The molecule has 0 atom stereocenters. The van der Waals surface area contributed by atoms with Gasteiger partial charge in [-0.25, -0.2) is 27.9 Å². The molecule has 1 aromatic rings. The van der Waals surface area contributed by atoms with Crippen molar-refractivity contribution in [3.05, 3.63) is 17.5 Å². The minimum Gasteiger partial charge on any atom is -0.275 e. The number of carbonyl (C=O) groups is 1. The van der Waals surface area contributed by atoms with Crippen LogP contribution in [0.2, 0.25) is 0 Å². The van der Waals surface area contributed by atoms with Gasteiger partial charge in [-0.1, -0.05) is 3.71 Å². The molecule has 0 saturated carbocycles. The molecule has 0 aliphatic carbocycles.